The molecule has 2 heterocycles. The number of nitrogens with one attached hydrogen (secondary N) is 1. The zero-order chi connectivity index (χ0) is 25.0. The third-order valence-corrected chi connectivity index (χ3v) is 7.22. The highest BCUT2D eigenvalue weighted by atomic mass is 35.5. The van der Waals surface area contributed by atoms with E-state index in [2.05, 4.69) is 9.71 Å². The molecule has 0 spiro atoms. The average Bonchev–Trinajstić information content (AvgIpc) is 3.26. The molecule has 2 atom stereocenters. The summed E-state index contributed by atoms with van der Waals surface area (Å²) in [6.07, 6.45) is 0.636. The predicted octanol–water partition coefficient (Wildman–Crippen LogP) is 3.46. The zero-order valence-electron chi connectivity index (χ0n) is 19.0. The lowest BCUT2D eigenvalue weighted by molar-refractivity contribution is 0.0340. The first kappa shape index (κ1) is 24.8. The van der Waals surface area contributed by atoms with Gasteiger partial charge >= 0.3 is 0 Å². The molecule has 1 aliphatic rings. The number of hydrogen-bond acceptors (Lipinski definition) is 7. The number of nitrogens with zero attached hydrogens (tertiary/aromatic N) is 2. The van der Waals surface area contributed by atoms with Gasteiger partial charge in [0.05, 0.1) is 30.9 Å². The summed E-state index contributed by atoms with van der Waals surface area (Å²) < 4.78 is 45.2. The third-order valence-electron chi connectivity index (χ3n) is 5.50. The van der Waals surface area contributed by atoms with Gasteiger partial charge in [-0.1, -0.05) is 29.8 Å². The Bertz CT molecular complexity index is 1320. The van der Waals surface area contributed by atoms with E-state index in [0.29, 0.717) is 18.0 Å². The average molecular weight is 518 g/mol. The number of halogens is 1. The van der Waals surface area contributed by atoms with Crippen molar-refractivity contribution in [2.45, 2.75) is 17.1 Å². The largest absolute Gasteiger partial charge is 0.495 e. The van der Waals surface area contributed by atoms with Crippen LogP contribution in [0.2, 0.25) is 5.02 Å². The van der Waals surface area contributed by atoms with Crippen LogP contribution in [0.3, 0.4) is 0 Å². The molecule has 184 valence electrons. The number of likely N-dealkylation sites (tertiary alicyclic amines) is 1. The van der Waals surface area contributed by atoms with Crippen molar-refractivity contribution in [3.63, 3.8) is 0 Å². The molecule has 1 amide bonds. The molecule has 0 aliphatic carbocycles. The molecular formula is C24H24ClN3O6S. The Kier molecular flexibility index (Phi) is 7.44. The molecule has 1 N–H and O–H groups in total. The number of ether oxygens (including phenoxy) is 3. The Morgan fingerprint density at radius 3 is 2.57 bits per heavy atom. The number of rotatable bonds is 8. The number of sulfonamides is 1. The van der Waals surface area contributed by atoms with Crippen LogP contribution in [-0.4, -0.2) is 63.7 Å². The van der Waals surface area contributed by atoms with Crippen LogP contribution in [0, 0.1) is 0 Å². The Hall–Kier alpha value is -3.34. The second-order valence-corrected chi connectivity index (χ2v) is 9.82. The highest BCUT2D eigenvalue weighted by Crippen LogP contribution is 2.28. The molecule has 1 saturated heterocycles. The van der Waals surface area contributed by atoms with Crippen LogP contribution >= 0.6 is 11.6 Å². The number of carbonyl (C=O) groups excluding carboxylic acids is 1. The summed E-state index contributed by atoms with van der Waals surface area (Å²) in [4.78, 5) is 18.6. The van der Waals surface area contributed by atoms with E-state index >= 15 is 0 Å². The second kappa shape index (κ2) is 10.5. The minimum absolute atomic E-state index is 0.0198. The van der Waals surface area contributed by atoms with E-state index in [0.717, 1.165) is 0 Å². The van der Waals surface area contributed by atoms with Gasteiger partial charge in [0, 0.05) is 19.4 Å². The van der Waals surface area contributed by atoms with E-state index < -0.39 is 22.2 Å². The molecular weight excluding hydrogens is 494 g/mol. The first-order chi connectivity index (χ1) is 16.8. The highest BCUT2D eigenvalue weighted by molar-refractivity contribution is 7.92. The summed E-state index contributed by atoms with van der Waals surface area (Å²) in [5.74, 6) is 0.337. The molecule has 0 radical (unpaired) electrons. The quantitative estimate of drug-likeness (QED) is 0.487. The number of benzene rings is 2. The van der Waals surface area contributed by atoms with Crippen LogP contribution < -0.4 is 14.2 Å². The van der Waals surface area contributed by atoms with Gasteiger partial charge in [-0.25, -0.2) is 13.4 Å². The number of pyridine rings is 1. The number of hydrogen-bond donors (Lipinski definition) is 1. The minimum Gasteiger partial charge on any atom is -0.495 e. The maximum absolute atomic E-state index is 12.9. The third kappa shape index (κ3) is 5.50. The molecule has 0 bridgehead atoms. The van der Waals surface area contributed by atoms with Gasteiger partial charge in [-0.05, 0) is 36.4 Å². The number of para-hydroxylation sites is 1. The maximum Gasteiger partial charge on any atom is 0.274 e. The molecule has 35 heavy (non-hydrogen) atoms. The lowest BCUT2D eigenvalue weighted by Gasteiger charge is -2.19. The Labute approximate surface area is 208 Å². The van der Waals surface area contributed by atoms with Gasteiger partial charge in [0.25, 0.3) is 15.9 Å². The standard InChI is InChI=1S/C24H24ClN3O6S/c1-32-19-10-3-4-11-22(19)35(30,31)27-16-7-5-8-17(13-16)34-21-15-28(14-20(21)33-2)24(29)23-18(25)9-6-12-26-23/h3-13,20-21,27H,14-15H2,1-2H3/t20-,21-/m1/s1. The Balaban J connectivity index is 1.49. The van der Waals surface area contributed by atoms with E-state index in [1.165, 1.54) is 19.4 Å². The number of methoxy groups -OCH3 is 2. The van der Waals surface area contributed by atoms with Gasteiger partial charge in [-0.15, -0.1) is 0 Å². The van der Waals surface area contributed by atoms with E-state index in [9.17, 15) is 13.2 Å². The molecule has 0 unspecified atom stereocenters. The molecule has 9 nitrogen and oxygen atoms in total. The van der Waals surface area contributed by atoms with Crippen LogP contribution in [0.4, 0.5) is 5.69 Å². The molecule has 1 aliphatic heterocycles. The smallest absolute Gasteiger partial charge is 0.274 e. The predicted molar refractivity (Wildman–Crippen MR) is 131 cm³/mol. The zero-order valence-corrected chi connectivity index (χ0v) is 20.6. The monoisotopic (exact) mass is 517 g/mol. The maximum atomic E-state index is 12.9. The summed E-state index contributed by atoms with van der Waals surface area (Å²) in [5.41, 5.74) is 0.478. The number of amides is 1. The fraction of sp³-hybridized carbons (Fsp3) is 0.250. The first-order valence-corrected chi connectivity index (χ1v) is 12.5. The molecule has 0 saturated carbocycles. The number of carbonyl (C=O) groups is 1. The fourth-order valence-corrected chi connectivity index (χ4v) is 5.22. The van der Waals surface area contributed by atoms with Gasteiger partial charge in [0.1, 0.15) is 34.3 Å². The Morgan fingerprint density at radius 1 is 1.06 bits per heavy atom. The molecule has 2 aromatic carbocycles. The van der Waals surface area contributed by atoms with Crippen LogP contribution in [0.25, 0.3) is 0 Å². The topological polar surface area (TPSA) is 107 Å². The number of anilines is 1. The summed E-state index contributed by atoms with van der Waals surface area (Å²) in [6.45, 7) is 0.550. The Morgan fingerprint density at radius 2 is 1.83 bits per heavy atom. The van der Waals surface area contributed by atoms with Gasteiger partial charge < -0.3 is 19.1 Å². The van der Waals surface area contributed by atoms with E-state index in [1.807, 2.05) is 0 Å². The molecule has 11 heteroatoms. The van der Waals surface area contributed by atoms with Gasteiger partial charge in [-0.3, -0.25) is 9.52 Å². The molecule has 1 aromatic heterocycles. The molecule has 3 aromatic rings. The molecule has 4 rings (SSSR count). The number of aromatic nitrogens is 1. The van der Waals surface area contributed by atoms with Crippen LogP contribution in [-0.2, 0) is 14.8 Å². The first-order valence-electron chi connectivity index (χ1n) is 10.7. The van der Waals surface area contributed by atoms with E-state index in [1.54, 1.807) is 66.6 Å². The summed E-state index contributed by atoms with van der Waals surface area (Å²) in [5, 5.41) is 0.269. The van der Waals surface area contributed by atoms with E-state index in [4.69, 9.17) is 25.8 Å². The van der Waals surface area contributed by atoms with Crippen molar-refractivity contribution in [2.75, 3.05) is 32.0 Å². The summed E-state index contributed by atoms with van der Waals surface area (Å²) >= 11 is 6.13. The summed E-state index contributed by atoms with van der Waals surface area (Å²) in [7, 11) is -0.946. The van der Waals surface area contributed by atoms with Crippen molar-refractivity contribution in [1.82, 2.24) is 9.88 Å². The van der Waals surface area contributed by atoms with Gasteiger partial charge in [-0.2, -0.15) is 0 Å². The van der Waals surface area contributed by atoms with Crippen LogP contribution in [0.5, 0.6) is 11.5 Å². The lowest BCUT2D eigenvalue weighted by Crippen LogP contribution is -2.32. The van der Waals surface area contributed by atoms with Crippen molar-refractivity contribution in [3.05, 3.63) is 77.6 Å². The SMILES string of the molecule is COc1ccccc1S(=O)(=O)Nc1cccc(O[C@@H]2CN(C(=O)c3ncccc3Cl)C[C@H]2OC)c1. The van der Waals surface area contributed by atoms with Crippen LogP contribution in [0.15, 0.2) is 71.8 Å². The van der Waals surface area contributed by atoms with Crippen molar-refractivity contribution >= 4 is 33.2 Å². The highest BCUT2D eigenvalue weighted by Gasteiger charge is 2.38. The van der Waals surface area contributed by atoms with Crippen LogP contribution in [0.1, 0.15) is 10.5 Å². The normalized spacial score (nSPS) is 17.7. The molecule has 1 fully saturated rings. The van der Waals surface area contributed by atoms with Gasteiger partial charge in [0.2, 0.25) is 0 Å². The van der Waals surface area contributed by atoms with Gasteiger partial charge in [0.15, 0.2) is 0 Å². The van der Waals surface area contributed by atoms with E-state index in [-0.39, 0.29) is 33.8 Å². The summed E-state index contributed by atoms with van der Waals surface area (Å²) in [6, 6.07) is 16.2. The second-order valence-electron chi connectivity index (χ2n) is 7.76. The lowest BCUT2D eigenvalue weighted by atomic mass is 10.2. The van der Waals surface area contributed by atoms with Crippen molar-refractivity contribution in [3.8, 4) is 11.5 Å². The van der Waals surface area contributed by atoms with Crippen molar-refractivity contribution in [2.24, 2.45) is 0 Å². The fourth-order valence-electron chi connectivity index (χ4n) is 3.80. The minimum atomic E-state index is -3.90. The van der Waals surface area contributed by atoms with Crippen molar-refractivity contribution in [1.29, 1.82) is 0 Å². The van der Waals surface area contributed by atoms with Crippen molar-refractivity contribution < 1.29 is 27.4 Å².